The van der Waals surface area contributed by atoms with Crippen LogP contribution in [-0.2, 0) is 6.42 Å². The van der Waals surface area contributed by atoms with Crippen molar-refractivity contribution in [2.24, 2.45) is 0 Å². The molecular weight excluding hydrogens is 284 g/mol. The van der Waals surface area contributed by atoms with Gasteiger partial charge in [-0.05, 0) is 38.5 Å². The van der Waals surface area contributed by atoms with Crippen molar-refractivity contribution >= 4 is 28.9 Å². The highest BCUT2D eigenvalue weighted by Crippen LogP contribution is 2.26. The molecule has 2 aromatic rings. The van der Waals surface area contributed by atoms with Gasteiger partial charge in [-0.3, -0.25) is 0 Å². The summed E-state index contributed by atoms with van der Waals surface area (Å²) in [6, 6.07) is 5.91. The van der Waals surface area contributed by atoms with Crippen LogP contribution in [0.4, 0.5) is 17.3 Å². The minimum Gasteiger partial charge on any atom is -0.370 e. The standard InChI is InChI=1S/C16H21ClN4/c1-5-14-20-15(18-6-2)11(4)16(21-14)19-12-8-7-10(3)13(17)9-12/h7-9H,5-6H2,1-4H3,(H2,18,19,20,21). The average molecular weight is 305 g/mol. The highest BCUT2D eigenvalue weighted by Gasteiger charge is 2.10. The third-order valence-corrected chi connectivity index (χ3v) is 3.69. The zero-order valence-electron chi connectivity index (χ0n) is 12.9. The van der Waals surface area contributed by atoms with Crippen LogP contribution < -0.4 is 10.6 Å². The Kier molecular flexibility index (Phi) is 5.02. The number of halogens is 1. The summed E-state index contributed by atoms with van der Waals surface area (Å²) in [7, 11) is 0. The molecule has 1 heterocycles. The van der Waals surface area contributed by atoms with Crippen LogP contribution in [0, 0.1) is 13.8 Å². The Morgan fingerprint density at radius 1 is 1.10 bits per heavy atom. The molecule has 0 amide bonds. The first kappa shape index (κ1) is 15.6. The number of rotatable bonds is 5. The minimum atomic E-state index is 0.745. The van der Waals surface area contributed by atoms with Gasteiger partial charge in [-0.2, -0.15) is 0 Å². The van der Waals surface area contributed by atoms with Crippen molar-refractivity contribution < 1.29 is 0 Å². The highest BCUT2D eigenvalue weighted by molar-refractivity contribution is 6.31. The number of hydrogen-bond acceptors (Lipinski definition) is 4. The average Bonchev–Trinajstić information content (AvgIpc) is 2.47. The smallest absolute Gasteiger partial charge is 0.139 e. The van der Waals surface area contributed by atoms with E-state index in [1.807, 2.05) is 39.0 Å². The number of anilines is 3. The van der Waals surface area contributed by atoms with E-state index in [4.69, 9.17) is 11.6 Å². The van der Waals surface area contributed by atoms with Crippen LogP contribution in [0.25, 0.3) is 0 Å². The predicted octanol–water partition coefficient (Wildman–Crippen LogP) is 4.48. The normalized spacial score (nSPS) is 10.5. The summed E-state index contributed by atoms with van der Waals surface area (Å²) in [5.41, 5.74) is 2.99. The molecule has 21 heavy (non-hydrogen) atoms. The molecule has 0 unspecified atom stereocenters. The predicted molar refractivity (Wildman–Crippen MR) is 89.8 cm³/mol. The third kappa shape index (κ3) is 3.64. The van der Waals surface area contributed by atoms with E-state index in [2.05, 4.69) is 27.5 Å². The van der Waals surface area contributed by atoms with Crippen LogP contribution in [-0.4, -0.2) is 16.5 Å². The summed E-state index contributed by atoms with van der Waals surface area (Å²) < 4.78 is 0. The maximum absolute atomic E-state index is 6.17. The van der Waals surface area contributed by atoms with Crippen LogP contribution in [0.3, 0.4) is 0 Å². The lowest BCUT2D eigenvalue weighted by Crippen LogP contribution is -2.09. The number of benzene rings is 1. The number of aromatic nitrogens is 2. The molecule has 1 aromatic carbocycles. The second-order valence-corrected chi connectivity index (χ2v) is 5.34. The fourth-order valence-corrected chi connectivity index (χ4v) is 2.17. The Labute approximate surface area is 131 Å². The lowest BCUT2D eigenvalue weighted by atomic mass is 10.2. The zero-order chi connectivity index (χ0) is 15.4. The molecule has 0 fully saturated rings. The first-order valence-electron chi connectivity index (χ1n) is 7.19. The molecule has 0 saturated heterocycles. The van der Waals surface area contributed by atoms with E-state index in [1.165, 1.54) is 0 Å². The lowest BCUT2D eigenvalue weighted by Gasteiger charge is -2.14. The van der Waals surface area contributed by atoms with Crippen LogP contribution in [0.15, 0.2) is 18.2 Å². The number of nitrogens with zero attached hydrogens (tertiary/aromatic N) is 2. The lowest BCUT2D eigenvalue weighted by molar-refractivity contribution is 0.930. The molecule has 0 saturated carbocycles. The highest BCUT2D eigenvalue weighted by atomic mass is 35.5. The summed E-state index contributed by atoms with van der Waals surface area (Å²) in [5, 5.41) is 7.36. The van der Waals surface area contributed by atoms with E-state index in [9.17, 15) is 0 Å². The summed E-state index contributed by atoms with van der Waals surface area (Å²) >= 11 is 6.17. The molecule has 0 radical (unpaired) electrons. The first-order chi connectivity index (χ1) is 10.0. The molecule has 0 spiro atoms. The van der Waals surface area contributed by atoms with Crippen molar-refractivity contribution in [1.82, 2.24) is 9.97 Å². The van der Waals surface area contributed by atoms with Crippen molar-refractivity contribution in [3.8, 4) is 0 Å². The Morgan fingerprint density at radius 2 is 1.81 bits per heavy atom. The van der Waals surface area contributed by atoms with Gasteiger partial charge in [0.25, 0.3) is 0 Å². The Hall–Kier alpha value is -1.81. The van der Waals surface area contributed by atoms with Crippen LogP contribution in [0.1, 0.15) is 30.8 Å². The number of aryl methyl sites for hydroxylation is 2. The third-order valence-electron chi connectivity index (χ3n) is 3.29. The second-order valence-electron chi connectivity index (χ2n) is 4.93. The molecule has 0 bridgehead atoms. The van der Waals surface area contributed by atoms with E-state index in [1.54, 1.807) is 0 Å². The van der Waals surface area contributed by atoms with E-state index >= 15 is 0 Å². The minimum absolute atomic E-state index is 0.745. The first-order valence-corrected chi connectivity index (χ1v) is 7.57. The molecule has 0 aliphatic carbocycles. The van der Waals surface area contributed by atoms with Crippen molar-refractivity contribution in [2.45, 2.75) is 34.1 Å². The van der Waals surface area contributed by atoms with Crippen molar-refractivity contribution in [3.05, 3.63) is 40.2 Å². The fourth-order valence-electron chi connectivity index (χ4n) is 1.99. The number of nitrogens with one attached hydrogen (secondary N) is 2. The quantitative estimate of drug-likeness (QED) is 0.855. The Balaban J connectivity index is 2.37. The van der Waals surface area contributed by atoms with Gasteiger partial charge in [0.2, 0.25) is 0 Å². The maximum Gasteiger partial charge on any atom is 0.139 e. The van der Waals surface area contributed by atoms with Gasteiger partial charge < -0.3 is 10.6 Å². The van der Waals surface area contributed by atoms with E-state index in [0.29, 0.717) is 0 Å². The molecule has 0 aliphatic rings. The van der Waals surface area contributed by atoms with Gasteiger partial charge in [0.15, 0.2) is 0 Å². The van der Waals surface area contributed by atoms with E-state index < -0.39 is 0 Å². The van der Waals surface area contributed by atoms with Gasteiger partial charge in [-0.1, -0.05) is 24.6 Å². The summed E-state index contributed by atoms with van der Waals surface area (Å²) in [6.07, 6.45) is 0.794. The van der Waals surface area contributed by atoms with Gasteiger partial charge in [0, 0.05) is 29.2 Å². The summed E-state index contributed by atoms with van der Waals surface area (Å²) in [4.78, 5) is 9.10. The number of hydrogen-bond donors (Lipinski definition) is 2. The van der Waals surface area contributed by atoms with Crippen molar-refractivity contribution in [1.29, 1.82) is 0 Å². The molecule has 5 heteroatoms. The van der Waals surface area contributed by atoms with Gasteiger partial charge in [-0.15, -0.1) is 0 Å². The summed E-state index contributed by atoms with van der Waals surface area (Å²) in [6.45, 7) is 8.93. The second kappa shape index (κ2) is 6.76. The Bertz CT molecular complexity index is 640. The molecule has 2 rings (SSSR count). The topological polar surface area (TPSA) is 49.8 Å². The summed E-state index contributed by atoms with van der Waals surface area (Å²) in [5.74, 6) is 2.51. The van der Waals surface area contributed by atoms with Gasteiger partial charge in [0.1, 0.15) is 17.5 Å². The van der Waals surface area contributed by atoms with Gasteiger partial charge >= 0.3 is 0 Å². The van der Waals surface area contributed by atoms with Gasteiger partial charge in [-0.25, -0.2) is 9.97 Å². The SMILES string of the molecule is CCNc1nc(CC)nc(Nc2ccc(C)c(Cl)c2)c1C. The van der Waals surface area contributed by atoms with E-state index in [0.717, 1.165) is 52.3 Å². The molecule has 0 atom stereocenters. The van der Waals surface area contributed by atoms with Gasteiger partial charge in [0.05, 0.1) is 0 Å². The van der Waals surface area contributed by atoms with Crippen LogP contribution in [0.2, 0.25) is 5.02 Å². The maximum atomic E-state index is 6.17. The molecule has 2 N–H and O–H groups in total. The van der Waals surface area contributed by atoms with Crippen molar-refractivity contribution in [2.75, 3.05) is 17.2 Å². The van der Waals surface area contributed by atoms with Crippen LogP contribution in [0.5, 0.6) is 0 Å². The van der Waals surface area contributed by atoms with Crippen molar-refractivity contribution in [3.63, 3.8) is 0 Å². The monoisotopic (exact) mass is 304 g/mol. The largest absolute Gasteiger partial charge is 0.370 e. The molecule has 112 valence electrons. The zero-order valence-corrected chi connectivity index (χ0v) is 13.7. The molecule has 0 aliphatic heterocycles. The molecular formula is C16H21ClN4. The molecule has 1 aromatic heterocycles. The van der Waals surface area contributed by atoms with E-state index in [-0.39, 0.29) is 0 Å². The fraction of sp³-hybridized carbons (Fsp3) is 0.375. The van der Waals surface area contributed by atoms with Crippen LogP contribution >= 0.6 is 11.6 Å². The molecule has 4 nitrogen and oxygen atoms in total. The Morgan fingerprint density at radius 3 is 2.43 bits per heavy atom.